The van der Waals surface area contributed by atoms with Crippen LogP contribution in [0.3, 0.4) is 0 Å². The van der Waals surface area contributed by atoms with E-state index in [4.69, 9.17) is 0 Å². The number of carbonyl (C=O) groups is 1. The van der Waals surface area contributed by atoms with E-state index in [-0.39, 0.29) is 29.2 Å². The van der Waals surface area contributed by atoms with Gasteiger partial charge in [-0.25, -0.2) is 17.8 Å². The second-order valence-electron chi connectivity index (χ2n) is 5.50. The monoisotopic (exact) mass is 364 g/mol. The van der Waals surface area contributed by atoms with E-state index in [1.807, 2.05) is 6.92 Å². The molecular weight excluding hydrogens is 344 g/mol. The minimum absolute atomic E-state index is 0.127. The third-order valence-corrected chi connectivity index (χ3v) is 4.93. The highest BCUT2D eigenvalue weighted by molar-refractivity contribution is 7.89. The summed E-state index contributed by atoms with van der Waals surface area (Å²) in [5.41, 5.74) is 0.804. The summed E-state index contributed by atoms with van der Waals surface area (Å²) >= 11 is 0. The highest BCUT2D eigenvalue weighted by Crippen LogP contribution is 2.09. The van der Waals surface area contributed by atoms with Gasteiger partial charge in [-0.3, -0.25) is 9.59 Å². The lowest BCUT2D eigenvalue weighted by atomic mass is 10.2. The van der Waals surface area contributed by atoms with Gasteiger partial charge >= 0.3 is 0 Å². The highest BCUT2D eigenvalue weighted by Gasteiger charge is 2.13. The van der Waals surface area contributed by atoms with Crippen molar-refractivity contribution in [3.05, 3.63) is 58.0 Å². The molecule has 0 fully saturated rings. The van der Waals surface area contributed by atoms with Gasteiger partial charge in [-0.15, -0.1) is 0 Å². The fourth-order valence-electron chi connectivity index (χ4n) is 2.01. The average molecular weight is 364 g/mol. The zero-order chi connectivity index (χ0) is 18.4. The first-order valence-electron chi connectivity index (χ1n) is 7.68. The molecule has 0 unspecified atom stereocenters. The zero-order valence-corrected chi connectivity index (χ0v) is 14.8. The summed E-state index contributed by atoms with van der Waals surface area (Å²) in [6.45, 7) is 2.35. The lowest BCUT2D eigenvalue weighted by Crippen LogP contribution is -2.31. The van der Waals surface area contributed by atoms with E-state index in [1.54, 1.807) is 24.3 Å². The van der Waals surface area contributed by atoms with Crippen molar-refractivity contribution >= 4 is 15.9 Å². The maximum Gasteiger partial charge on any atom is 0.271 e. The van der Waals surface area contributed by atoms with Crippen LogP contribution in [0, 0.1) is 6.92 Å². The van der Waals surface area contributed by atoms with Gasteiger partial charge in [0.25, 0.3) is 11.5 Å². The molecule has 0 aliphatic rings. The summed E-state index contributed by atoms with van der Waals surface area (Å²) < 4.78 is 27.7. The predicted octanol–water partition coefficient (Wildman–Crippen LogP) is 0.187. The van der Waals surface area contributed by atoms with Crippen LogP contribution in [0.25, 0.3) is 0 Å². The second-order valence-corrected chi connectivity index (χ2v) is 7.27. The Morgan fingerprint density at radius 1 is 1.12 bits per heavy atom. The smallest absolute Gasteiger partial charge is 0.271 e. The number of aryl methyl sites for hydroxylation is 2. The Hall–Kier alpha value is -2.52. The van der Waals surface area contributed by atoms with Crippen LogP contribution in [0.4, 0.5) is 0 Å². The Labute approximate surface area is 145 Å². The van der Waals surface area contributed by atoms with Gasteiger partial charge in [0.1, 0.15) is 5.69 Å². The Morgan fingerprint density at radius 3 is 2.44 bits per heavy atom. The van der Waals surface area contributed by atoms with Crippen molar-refractivity contribution in [1.82, 2.24) is 19.8 Å². The summed E-state index contributed by atoms with van der Waals surface area (Å²) in [6.07, 6.45) is 0.419. The van der Waals surface area contributed by atoms with Crippen LogP contribution in [0.5, 0.6) is 0 Å². The number of nitrogens with zero attached hydrogens (tertiary/aromatic N) is 2. The van der Waals surface area contributed by atoms with Gasteiger partial charge in [0.05, 0.1) is 4.90 Å². The molecule has 8 nitrogen and oxygen atoms in total. The van der Waals surface area contributed by atoms with E-state index in [1.165, 1.54) is 19.2 Å². The molecule has 0 saturated carbocycles. The molecule has 0 aliphatic heterocycles. The van der Waals surface area contributed by atoms with Crippen molar-refractivity contribution in [3.8, 4) is 0 Å². The Balaban J connectivity index is 1.79. The van der Waals surface area contributed by atoms with Crippen molar-refractivity contribution in [2.45, 2.75) is 18.2 Å². The molecule has 0 saturated heterocycles. The number of nitrogens with one attached hydrogen (secondary N) is 2. The number of hydrogen-bond donors (Lipinski definition) is 2. The van der Waals surface area contributed by atoms with Crippen LogP contribution < -0.4 is 15.6 Å². The molecule has 134 valence electrons. The number of rotatable bonds is 7. The van der Waals surface area contributed by atoms with Crippen LogP contribution in [-0.2, 0) is 17.1 Å². The second kappa shape index (κ2) is 8.04. The molecule has 9 heteroatoms. The van der Waals surface area contributed by atoms with Crippen molar-refractivity contribution < 1.29 is 13.2 Å². The van der Waals surface area contributed by atoms with Crippen molar-refractivity contribution in [1.29, 1.82) is 0 Å². The highest BCUT2D eigenvalue weighted by atomic mass is 32.2. The van der Waals surface area contributed by atoms with Crippen LogP contribution >= 0.6 is 0 Å². The summed E-state index contributed by atoms with van der Waals surface area (Å²) in [7, 11) is -2.10. The van der Waals surface area contributed by atoms with Gasteiger partial charge in [0.2, 0.25) is 10.0 Å². The maximum atomic E-state index is 12.1. The van der Waals surface area contributed by atoms with E-state index in [9.17, 15) is 18.0 Å². The van der Waals surface area contributed by atoms with Gasteiger partial charge in [0.15, 0.2) is 0 Å². The Bertz CT molecular complexity index is 904. The van der Waals surface area contributed by atoms with Gasteiger partial charge in [-0.05, 0) is 31.5 Å². The van der Waals surface area contributed by atoms with Crippen LogP contribution in [0.15, 0.2) is 46.1 Å². The lowest BCUT2D eigenvalue weighted by molar-refractivity contribution is 0.0946. The number of hydrogen-bond acceptors (Lipinski definition) is 5. The molecule has 2 aromatic rings. The number of sulfonamides is 1. The fourth-order valence-corrected chi connectivity index (χ4v) is 3.09. The van der Waals surface area contributed by atoms with Crippen molar-refractivity contribution in [2.24, 2.45) is 7.05 Å². The molecule has 1 heterocycles. The third-order valence-electron chi connectivity index (χ3n) is 3.46. The number of amides is 1. The van der Waals surface area contributed by atoms with E-state index in [0.717, 1.165) is 10.2 Å². The zero-order valence-electron chi connectivity index (χ0n) is 14.0. The molecule has 0 atom stereocenters. The number of aromatic nitrogens is 2. The SMILES string of the molecule is Cc1ccc(S(=O)(=O)NCCCNC(=O)c2ccc(=O)n(C)n2)cc1. The molecule has 0 radical (unpaired) electrons. The Morgan fingerprint density at radius 2 is 1.80 bits per heavy atom. The summed E-state index contributed by atoms with van der Waals surface area (Å²) in [4.78, 5) is 23.3. The van der Waals surface area contributed by atoms with Crippen LogP contribution in [0.2, 0.25) is 0 Å². The number of benzene rings is 1. The number of carbonyl (C=O) groups excluding carboxylic acids is 1. The van der Waals surface area contributed by atoms with Gasteiger partial charge in [-0.1, -0.05) is 17.7 Å². The summed E-state index contributed by atoms with van der Waals surface area (Å²) in [5, 5.41) is 6.47. The normalized spacial score (nSPS) is 11.3. The van der Waals surface area contributed by atoms with E-state index >= 15 is 0 Å². The molecule has 1 aromatic heterocycles. The molecule has 2 rings (SSSR count). The lowest BCUT2D eigenvalue weighted by Gasteiger charge is -2.08. The fraction of sp³-hybridized carbons (Fsp3) is 0.312. The minimum atomic E-state index is -3.55. The van der Waals surface area contributed by atoms with Crippen molar-refractivity contribution in [3.63, 3.8) is 0 Å². The standard InChI is InChI=1S/C16H20N4O4S/c1-12-4-6-13(7-5-12)25(23,24)18-11-3-10-17-16(22)14-8-9-15(21)20(2)19-14/h4-9,18H,3,10-11H2,1-2H3,(H,17,22). The molecule has 0 spiro atoms. The van der Waals surface area contributed by atoms with Gasteiger partial charge in [0, 0.05) is 26.2 Å². The first kappa shape index (κ1) is 18.8. The van der Waals surface area contributed by atoms with Crippen LogP contribution in [0.1, 0.15) is 22.5 Å². The largest absolute Gasteiger partial charge is 0.351 e. The van der Waals surface area contributed by atoms with E-state index in [0.29, 0.717) is 6.42 Å². The molecule has 25 heavy (non-hydrogen) atoms. The quantitative estimate of drug-likeness (QED) is 0.682. The first-order valence-corrected chi connectivity index (χ1v) is 9.17. The first-order chi connectivity index (χ1) is 11.8. The summed E-state index contributed by atoms with van der Waals surface area (Å²) in [5.74, 6) is -0.419. The molecule has 1 amide bonds. The van der Waals surface area contributed by atoms with Crippen molar-refractivity contribution in [2.75, 3.05) is 13.1 Å². The molecule has 2 N–H and O–H groups in total. The van der Waals surface area contributed by atoms with Gasteiger partial charge < -0.3 is 5.32 Å². The topological polar surface area (TPSA) is 110 Å². The Kier molecular flexibility index (Phi) is 6.05. The summed E-state index contributed by atoms with van der Waals surface area (Å²) in [6, 6.07) is 9.16. The van der Waals surface area contributed by atoms with Gasteiger partial charge in [-0.2, -0.15) is 5.10 Å². The van der Waals surface area contributed by atoms with E-state index < -0.39 is 15.9 Å². The predicted molar refractivity (Wildman–Crippen MR) is 92.8 cm³/mol. The minimum Gasteiger partial charge on any atom is -0.351 e. The third kappa shape index (κ3) is 5.23. The molecule has 0 bridgehead atoms. The average Bonchev–Trinajstić information content (AvgIpc) is 2.57. The molecular formula is C16H20N4O4S. The molecule has 1 aromatic carbocycles. The van der Waals surface area contributed by atoms with Crippen LogP contribution in [-0.4, -0.2) is 37.2 Å². The maximum absolute atomic E-state index is 12.1. The van der Waals surface area contributed by atoms with E-state index in [2.05, 4.69) is 15.1 Å². The molecule has 0 aliphatic carbocycles.